The number of hydrogen-bond acceptors (Lipinski definition) is 4. The number of rotatable bonds is 11. The van der Waals surface area contributed by atoms with Crippen LogP contribution < -0.4 is 16.0 Å². The predicted octanol–water partition coefficient (Wildman–Crippen LogP) is 2.24. The van der Waals surface area contributed by atoms with E-state index in [4.69, 9.17) is 4.74 Å². The van der Waals surface area contributed by atoms with Crippen LogP contribution >= 0.6 is 0 Å². The molecule has 1 aromatic rings. The molecule has 1 aliphatic carbocycles. The zero-order chi connectivity index (χ0) is 21.8. The number of ether oxygens (including phenoxy) is 1. The van der Waals surface area contributed by atoms with Gasteiger partial charge in [0.15, 0.2) is 5.96 Å². The summed E-state index contributed by atoms with van der Waals surface area (Å²) in [5.74, 6) is 0.752. The van der Waals surface area contributed by atoms with Crippen molar-refractivity contribution in [3.63, 3.8) is 0 Å². The third kappa shape index (κ3) is 7.95. The lowest BCUT2D eigenvalue weighted by Crippen LogP contribution is -2.43. The Morgan fingerprint density at radius 3 is 2.63 bits per heavy atom. The van der Waals surface area contributed by atoms with Gasteiger partial charge in [-0.2, -0.15) is 0 Å². The maximum atomic E-state index is 12.3. The molecule has 1 amide bonds. The molecule has 1 aromatic carbocycles. The van der Waals surface area contributed by atoms with E-state index in [9.17, 15) is 4.79 Å². The quantitative estimate of drug-likeness (QED) is 0.380. The van der Waals surface area contributed by atoms with Gasteiger partial charge in [0.1, 0.15) is 0 Å². The van der Waals surface area contributed by atoms with Gasteiger partial charge in [0.2, 0.25) is 0 Å². The van der Waals surface area contributed by atoms with Crippen molar-refractivity contribution in [3.8, 4) is 0 Å². The van der Waals surface area contributed by atoms with Gasteiger partial charge in [-0.05, 0) is 56.5 Å². The highest BCUT2D eigenvalue weighted by atomic mass is 16.5. The lowest BCUT2D eigenvalue weighted by atomic mass is 9.83. The minimum absolute atomic E-state index is 0.0393. The number of nitrogens with zero attached hydrogens (tertiary/aromatic N) is 2. The molecule has 30 heavy (non-hydrogen) atoms. The Bertz CT molecular complexity index is 684. The number of carbonyl (C=O) groups excluding carboxylic acids is 1. The summed E-state index contributed by atoms with van der Waals surface area (Å²) in [7, 11) is 7.55. The van der Waals surface area contributed by atoms with E-state index in [0.29, 0.717) is 24.1 Å². The van der Waals surface area contributed by atoms with Crippen LogP contribution in [0.25, 0.3) is 0 Å². The predicted molar refractivity (Wildman–Crippen MR) is 123 cm³/mol. The third-order valence-electron chi connectivity index (χ3n) is 5.85. The zero-order valence-electron chi connectivity index (χ0n) is 19.1. The van der Waals surface area contributed by atoms with Gasteiger partial charge in [0, 0.05) is 52.5 Å². The molecule has 2 rings (SSSR count). The second kappa shape index (κ2) is 12.5. The largest absolute Gasteiger partial charge is 0.385 e. The molecule has 0 spiro atoms. The van der Waals surface area contributed by atoms with Crippen molar-refractivity contribution in [1.29, 1.82) is 0 Å². The van der Waals surface area contributed by atoms with Crippen LogP contribution in [0.2, 0.25) is 0 Å². The molecule has 0 bridgehead atoms. The number of aliphatic imine (C=N–C) groups is 1. The average Bonchev–Trinajstić information content (AvgIpc) is 3.21. The molecule has 0 aromatic heterocycles. The van der Waals surface area contributed by atoms with Gasteiger partial charge in [-0.25, -0.2) is 0 Å². The molecule has 168 valence electrons. The Kier molecular flexibility index (Phi) is 10.1. The summed E-state index contributed by atoms with van der Waals surface area (Å²) in [5.41, 5.74) is 2.03. The lowest BCUT2D eigenvalue weighted by molar-refractivity contribution is 0.0951. The van der Waals surface area contributed by atoms with Crippen molar-refractivity contribution in [3.05, 3.63) is 35.4 Å². The van der Waals surface area contributed by atoms with E-state index < -0.39 is 0 Å². The number of nitrogens with one attached hydrogen (secondary N) is 3. The van der Waals surface area contributed by atoms with Crippen LogP contribution in [0.15, 0.2) is 29.3 Å². The smallest absolute Gasteiger partial charge is 0.251 e. The van der Waals surface area contributed by atoms with E-state index in [2.05, 4.69) is 20.9 Å². The highest BCUT2D eigenvalue weighted by Gasteiger charge is 2.33. The molecule has 0 aliphatic heterocycles. The van der Waals surface area contributed by atoms with E-state index in [0.717, 1.165) is 37.6 Å². The Labute approximate surface area is 181 Å². The maximum absolute atomic E-state index is 12.3. The van der Waals surface area contributed by atoms with E-state index in [1.165, 1.54) is 25.7 Å². The number of benzene rings is 1. The van der Waals surface area contributed by atoms with Gasteiger partial charge in [-0.15, -0.1) is 0 Å². The molecular formula is C23H39N5O2. The van der Waals surface area contributed by atoms with E-state index >= 15 is 0 Å². The summed E-state index contributed by atoms with van der Waals surface area (Å²) in [6.07, 6.45) is 6.15. The van der Waals surface area contributed by atoms with Crippen LogP contribution in [-0.4, -0.2) is 71.3 Å². The molecule has 1 fully saturated rings. The fourth-order valence-electron chi connectivity index (χ4n) is 3.95. The fraction of sp³-hybridized carbons (Fsp3) is 0.652. The summed E-state index contributed by atoms with van der Waals surface area (Å²) < 4.78 is 5.33. The number of methoxy groups -OCH3 is 1. The highest BCUT2D eigenvalue weighted by molar-refractivity contribution is 5.94. The van der Waals surface area contributed by atoms with Crippen LogP contribution in [-0.2, 0) is 11.3 Å². The third-order valence-corrected chi connectivity index (χ3v) is 5.85. The molecule has 0 saturated heterocycles. The van der Waals surface area contributed by atoms with Crippen molar-refractivity contribution in [2.45, 2.75) is 38.6 Å². The van der Waals surface area contributed by atoms with E-state index in [1.54, 1.807) is 14.2 Å². The second-order valence-electron chi connectivity index (χ2n) is 8.49. The van der Waals surface area contributed by atoms with Gasteiger partial charge in [0.25, 0.3) is 5.91 Å². The van der Waals surface area contributed by atoms with Crippen LogP contribution in [0.5, 0.6) is 0 Å². The number of likely N-dealkylation sites (N-methyl/N-ethyl adjacent to an activating group) is 1. The first-order chi connectivity index (χ1) is 14.5. The van der Waals surface area contributed by atoms with Gasteiger partial charge >= 0.3 is 0 Å². The molecule has 3 N–H and O–H groups in total. The summed E-state index contributed by atoms with van der Waals surface area (Å²) in [5, 5.41) is 9.84. The molecule has 1 aliphatic rings. The molecule has 1 saturated carbocycles. The van der Waals surface area contributed by atoms with Crippen molar-refractivity contribution < 1.29 is 9.53 Å². The highest BCUT2D eigenvalue weighted by Crippen LogP contribution is 2.40. The van der Waals surface area contributed by atoms with E-state index in [-0.39, 0.29) is 5.91 Å². The minimum Gasteiger partial charge on any atom is -0.385 e. The minimum atomic E-state index is -0.0393. The van der Waals surface area contributed by atoms with Gasteiger partial charge < -0.3 is 25.6 Å². The summed E-state index contributed by atoms with van der Waals surface area (Å²) >= 11 is 0. The first-order valence-corrected chi connectivity index (χ1v) is 10.9. The number of amides is 1. The summed E-state index contributed by atoms with van der Waals surface area (Å²) in [6, 6.07) is 7.73. The standard InChI is InChI=1S/C23H39N5O2/c1-24-22(27-18-23(12-15-30-4)10-5-6-11-23)26-17-19-8-7-9-20(16-19)21(29)25-13-14-28(2)3/h7-9,16H,5-6,10-15,17-18H2,1-4H3,(H,25,29)(H2,24,26,27). The Hall–Kier alpha value is -2.12. The van der Waals surface area contributed by atoms with Gasteiger partial charge in [-0.3, -0.25) is 9.79 Å². The number of guanidine groups is 1. The normalized spacial score (nSPS) is 16.0. The monoisotopic (exact) mass is 417 g/mol. The molecule has 0 atom stereocenters. The van der Waals surface area contributed by atoms with Crippen LogP contribution in [0.1, 0.15) is 48.0 Å². The van der Waals surface area contributed by atoms with Crippen molar-refractivity contribution in [1.82, 2.24) is 20.9 Å². The summed E-state index contributed by atoms with van der Waals surface area (Å²) in [6.45, 7) is 3.78. The van der Waals surface area contributed by atoms with Crippen molar-refractivity contribution >= 4 is 11.9 Å². The topological polar surface area (TPSA) is 78.0 Å². The lowest BCUT2D eigenvalue weighted by Gasteiger charge is -2.30. The van der Waals surface area contributed by atoms with Gasteiger partial charge in [0.05, 0.1) is 0 Å². The molecule has 0 radical (unpaired) electrons. The number of carbonyl (C=O) groups is 1. The maximum Gasteiger partial charge on any atom is 0.251 e. The Balaban J connectivity index is 1.85. The van der Waals surface area contributed by atoms with Crippen LogP contribution in [0, 0.1) is 5.41 Å². The average molecular weight is 418 g/mol. The second-order valence-corrected chi connectivity index (χ2v) is 8.49. The van der Waals surface area contributed by atoms with Crippen LogP contribution in [0.4, 0.5) is 0 Å². The Morgan fingerprint density at radius 2 is 1.97 bits per heavy atom. The fourth-order valence-corrected chi connectivity index (χ4v) is 3.95. The first-order valence-electron chi connectivity index (χ1n) is 10.9. The molecule has 0 heterocycles. The molecule has 7 heteroatoms. The van der Waals surface area contributed by atoms with Crippen molar-refractivity contribution in [2.24, 2.45) is 10.4 Å². The number of hydrogen-bond donors (Lipinski definition) is 3. The molecule has 7 nitrogen and oxygen atoms in total. The first kappa shape index (κ1) is 24.2. The SMILES string of the molecule is CN=C(NCc1cccc(C(=O)NCCN(C)C)c1)NCC1(CCOC)CCCC1. The van der Waals surface area contributed by atoms with E-state index in [1.807, 2.05) is 43.3 Å². The summed E-state index contributed by atoms with van der Waals surface area (Å²) in [4.78, 5) is 18.8. The molecule has 0 unspecified atom stereocenters. The van der Waals surface area contributed by atoms with Crippen molar-refractivity contribution in [2.75, 3.05) is 54.5 Å². The molecular weight excluding hydrogens is 378 g/mol. The zero-order valence-corrected chi connectivity index (χ0v) is 19.1. The Morgan fingerprint density at radius 1 is 1.20 bits per heavy atom. The van der Waals surface area contributed by atoms with Gasteiger partial charge in [-0.1, -0.05) is 25.0 Å². The van der Waals surface area contributed by atoms with Crippen LogP contribution in [0.3, 0.4) is 0 Å².